The lowest BCUT2D eigenvalue weighted by atomic mass is 10.1. The molecule has 0 aliphatic heterocycles. The first-order valence-electron chi connectivity index (χ1n) is 5.57. The van der Waals surface area contributed by atoms with Gasteiger partial charge in [0, 0.05) is 17.5 Å². The molecule has 1 aromatic heterocycles. The summed E-state index contributed by atoms with van der Waals surface area (Å²) in [5.74, 6) is -1.01. The number of hydrogen-bond donors (Lipinski definition) is 1. The van der Waals surface area contributed by atoms with Crippen LogP contribution >= 0.6 is 0 Å². The molecule has 1 N–H and O–H groups in total. The van der Waals surface area contributed by atoms with E-state index in [1.54, 1.807) is 42.0 Å². The van der Waals surface area contributed by atoms with Gasteiger partial charge in [0.15, 0.2) is 5.78 Å². The number of carboxylic acids is 1. The van der Waals surface area contributed by atoms with E-state index >= 15 is 0 Å². The number of carboxylic acid groups (broad SMARTS) is 1. The summed E-state index contributed by atoms with van der Waals surface area (Å²) in [5, 5.41) is 8.93. The van der Waals surface area contributed by atoms with Crippen LogP contribution in [0.4, 0.5) is 0 Å². The minimum Gasteiger partial charge on any atom is -0.478 e. The monoisotopic (exact) mass is 243 g/mol. The standard InChI is InChI=1S/C14H13NO3/c1-10-12(14(17)18)7-8-15(10)9-13(16)11-5-3-2-4-6-11/h2-8H,9H2,1H3,(H,17,18). The van der Waals surface area contributed by atoms with Crippen molar-refractivity contribution < 1.29 is 14.7 Å². The van der Waals surface area contributed by atoms with Gasteiger partial charge in [-0.2, -0.15) is 0 Å². The Morgan fingerprint density at radius 3 is 2.39 bits per heavy atom. The van der Waals surface area contributed by atoms with Gasteiger partial charge in [-0.3, -0.25) is 4.79 Å². The molecule has 0 amide bonds. The Hall–Kier alpha value is -2.36. The number of aromatic nitrogens is 1. The Kier molecular flexibility index (Phi) is 3.28. The van der Waals surface area contributed by atoms with Gasteiger partial charge in [0.25, 0.3) is 0 Å². The molecule has 0 fully saturated rings. The molecule has 0 bridgehead atoms. The quantitative estimate of drug-likeness (QED) is 0.839. The second-order valence-corrected chi connectivity index (χ2v) is 4.04. The summed E-state index contributed by atoms with van der Waals surface area (Å²) in [4.78, 5) is 22.9. The van der Waals surface area contributed by atoms with Crippen molar-refractivity contribution in [3.05, 3.63) is 59.4 Å². The van der Waals surface area contributed by atoms with Crippen LogP contribution in [-0.4, -0.2) is 21.4 Å². The van der Waals surface area contributed by atoms with Gasteiger partial charge in [-0.15, -0.1) is 0 Å². The van der Waals surface area contributed by atoms with Gasteiger partial charge in [0.1, 0.15) is 0 Å². The third-order valence-corrected chi connectivity index (χ3v) is 2.88. The second-order valence-electron chi connectivity index (χ2n) is 4.04. The number of rotatable bonds is 4. The zero-order chi connectivity index (χ0) is 13.1. The summed E-state index contributed by atoms with van der Waals surface area (Å²) in [6, 6.07) is 10.5. The highest BCUT2D eigenvalue weighted by atomic mass is 16.4. The Bertz CT molecular complexity index is 584. The molecular weight excluding hydrogens is 230 g/mol. The fraction of sp³-hybridized carbons (Fsp3) is 0.143. The maximum absolute atomic E-state index is 12.0. The lowest BCUT2D eigenvalue weighted by Crippen LogP contribution is -2.11. The highest BCUT2D eigenvalue weighted by Gasteiger charge is 2.13. The number of nitrogens with zero attached hydrogens (tertiary/aromatic N) is 1. The lowest BCUT2D eigenvalue weighted by Gasteiger charge is -2.06. The van der Waals surface area contributed by atoms with Gasteiger partial charge in [0.2, 0.25) is 0 Å². The first-order valence-corrected chi connectivity index (χ1v) is 5.57. The van der Waals surface area contributed by atoms with Crippen LogP contribution < -0.4 is 0 Å². The summed E-state index contributed by atoms with van der Waals surface area (Å²) in [6.07, 6.45) is 1.62. The van der Waals surface area contributed by atoms with Crippen molar-refractivity contribution in [1.29, 1.82) is 0 Å². The number of carbonyl (C=O) groups is 2. The number of ketones is 1. The van der Waals surface area contributed by atoms with E-state index < -0.39 is 5.97 Å². The number of benzene rings is 1. The Balaban J connectivity index is 2.20. The topological polar surface area (TPSA) is 59.3 Å². The van der Waals surface area contributed by atoms with Crippen molar-refractivity contribution in [3.63, 3.8) is 0 Å². The van der Waals surface area contributed by atoms with E-state index in [1.165, 1.54) is 6.07 Å². The van der Waals surface area contributed by atoms with E-state index in [0.29, 0.717) is 11.3 Å². The van der Waals surface area contributed by atoms with Crippen LogP contribution in [0.25, 0.3) is 0 Å². The van der Waals surface area contributed by atoms with Gasteiger partial charge in [0.05, 0.1) is 12.1 Å². The predicted molar refractivity (Wildman–Crippen MR) is 66.9 cm³/mol. The van der Waals surface area contributed by atoms with Crippen molar-refractivity contribution in [3.8, 4) is 0 Å². The van der Waals surface area contributed by atoms with E-state index in [9.17, 15) is 9.59 Å². The van der Waals surface area contributed by atoms with Crippen molar-refractivity contribution in [2.75, 3.05) is 0 Å². The number of hydrogen-bond acceptors (Lipinski definition) is 2. The Morgan fingerprint density at radius 2 is 1.83 bits per heavy atom. The number of aromatic carboxylic acids is 1. The molecule has 2 aromatic rings. The minimum atomic E-state index is -0.974. The van der Waals surface area contributed by atoms with E-state index in [1.807, 2.05) is 6.07 Å². The average Bonchev–Trinajstić information content (AvgIpc) is 2.72. The van der Waals surface area contributed by atoms with E-state index in [0.717, 1.165) is 0 Å². The molecule has 92 valence electrons. The average molecular weight is 243 g/mol. The largest absolute Gasteiger partial charge is 0.478 e. The third kappa shape index (κ3) is 2.32. The fourth-order valence-electron chi connectivity index (χ4n) is 1.82. The molecule has 0 radical (unpaired) electrons. The van der Waals surface area contributed by atoms with Crippen molar-refractivity contribution in [1.82, 2.24) is 4.57 Å². The van der Waals surface area contributed by atoms with Crippen LogP contribution in [0.15, 0.2) is 42.6 Å². The normalized spacial score (nSPS) is 10.3. The zero-order valence-corrected chi connectivity index (χ0v) is 9.96. The lowest BCUT2D eigenvalue weighted by molar-refractivity contribution is 0.0695. The van der Waals surface area contributed by atoms with Crippen molar-refractivity contribution >= 4 is 11.8 Å². The summed E-state index contributed by atoms with van der Waals surface area (Å²) >= 11 is 0. The highest BCUT2D eigenvalue weighted by molar-refractivity contribution is 5.96. The molecule has 0 aliphatic carbocycles. The molecule has 0 saturated heterocycles. The van der Waals surface area contributed by atoms with Crippen LogP contribution in [0.1, 0.15) is 26.4 Å². The Labute approximate surface area is 104 Å². The van der Waals surface area contributed by atoms with Crippen molar-refractivity contribution in [2.24, 2.45) is 0 Å². The first-order chi connectivity index (χ1) is 8.59. The Morgan fingerprint density at radius 1 is 1.17 bits per heavy atom. The van der Waals surface area contributed by atoms with Crippen LogP contribution in [-0.2, 0) is 6.54 Å². The molecular formula is C14H13NO3. The number of carbonyl (C=O) groups excluding carboxylic acids is 1. The maximum atomic E-state index is 12.0. The van der Waals surface area contributed by atoms with E-state index in [4.69, 9.17) is 5.11 Å². The molecule has 0 atom stereocenters. The molecule has 1 heterocycles. The third-order valence-electron chi connectivity index (χ3n) is 2.88. The molecule has 1 aromatic carbocycles. The first kappa shape index (κ1) is 12.1. The molecule has 0 saturated carbocycles. The maximum Gasteiger partial charge on any atom is 0.337 e. The summed E-state index contributed by atoms with van der Waals surface area (Å²) in [7, 11) is 0. The molecule has 18 heavy (non-hydrogen) atoms. The summed E-state index contributed by atoms with van der Waals surface area (Å²) in [6.45, 7) is 1.85. The fourth-order valence-corrected chi connectivity index (χ4v) is 1.82. The van der Waals surface area contributed by atoms with Gasteiger partial charge < -0.3 is 9.67 Å². The van der Waals surface area contributed by atoms with E-state index in [-0.39, 0.29) is 17.9 Å². The second kappa shape index (κ2) is 4.87. The molecule has 4 nitrogen and oxygen atoms in total. The van der Waals surface area contributed by atoms with E-state index in [2.05, 4.69) is 0 Å². The smallest absolute Gasteiger partial charge is 0.337 e. The van der Waals surface area contributed by atoms with Crippen LogP contribution in [0.2, 0.25) is 0 Å². The number of Topliss-reactive ketones (excluding diaryl/α,β-unsaturated/α-hetero) is 1. The van der Waals surface area contributed by atoms with Crippen LogP contribution in [0.3, 0.4) is 0 Å². The zero-order valence-electron chi connectivity index (χ0n) is 9.96. The van der Waals surface area contributed by atoms with Crippen LogP contribution in [0.5, 0.6) is 0 Å². The molecule has 4 heteroatoms. The van der Waals surface area contributed by atoms with Gasteiger partial charge in [-0.05, 0) is 13.0 Å². The highest BCUT2D eigenvalue weighted by Crippen LogP contribution is 2.11. The van der Waals surface area contributed by atoms with Gasteiger partial charge in [-0.25, -0.2) is 4.79 Å². The molecule has 0 spiro atoms. The summed E-state index contributed by atoms with van der Waals surface area (Å²) < 4.78 is 1.65. The van der Waals surface area contributed by atoms with Crippen molar-refractivity contribution in [2.45, 2.75) is 13.5 Å². The van der Waals surface area contributed by atoms with Crippen LogP contribution in [0, 0.1) is 6.92 Å². The molecule has 0 aliphatic rings. The molecule has 2 rings (SSSR count). The summed E-state index contributed by atoms with van der Waals surface area (Å²) in [5.41, 5.74) is 1.45. The van der Waals surface area contributed by atoms with Gasteiger partial charge in [-0.1, -0.05) is 30.3 Å². The molecule has 0 unspecified atom stereocenters. The predicted octanol–water partition coefficient (Wildman–Crippen LogP) is 2.38. The van der Waals surface area contributed by atoms with Gasteiger partial charge >= 0.3 is 5.97 Å². The SMILES string of the molecule is Cc1c(C(=O)O)ccn1CC(=O)c1ccccc1. The minimum absolute atomic E-state index is 0.0359.